The molecule has 108 valence electrons. The van der Waals surface area contributed by atoms with Crippen molar-refractivity contribution in [3.63, 3.8) is 0 Å². The molecule has 0 spiro atoms. The first kappa shape index (κ1) is 14.4. The minimum atomic E-state index is 0.861. The first-order valence-electron chi connectivity index (χ1n) is 7.16. The van der Waals surface area contributed by atoms with Crippen molar-refractivity contribution in [2.45, 2.75) is 39.7 Å². The summed E-state index contributed by atoms with van der Waals surface area (Å²) in [5.41, 5.74) is 10.4. The summed E-state index contributed by atoms with van der Waals surface area (Å²) in [7, 11) is 1.68. The topological polar surface area (TPSA) is 53.1 Å². The number of methoxy groups -OCH3 is 1. The van der Waals surface area contributed by atoms with Crippen LogP contribution in [-0.4, -0.2) is 16.9 Å². The van der Waals surface area contributed by atoms with E-state index >= 15 is 0 Å². The van der Waals surface area contributed by atoms with E-state index in [1.54, 1.807) is 7.11 Å². The summed E-state index contributed by atoms with van der Waals surface area (Å²) in [5.74, 6) is 0.889. The smallest absolute Gasteiger partial charge is 0.118 e. The first-order valence-corrected chi connectivity index (χ1v) is 7.16. The van der Waals surface area contributed by atoms with Crippen LogP contribution < -0.4 is 10.5 Å². The average molecular weight is 273 g/mol. The van der Waals surface area contributed by atoms with Gasteiger partial charge in [-0.3, -0.25) is 4.68 Å². The third-order valence-electron chi connectivity index (χ3n) is 3.62. The number of nitrogens with two attached hydrogens (primary N) is 1. The summed E-state index contributed by atoms with van der Waals surface area (Å²) in [6, 6.07) is 8.17. The van der Waals surface area contributed by atoms with Crippen LogP contribution in [0.5, 0.6) is 5.75 Å². The van der Waals surface area contributed by atoms with Crippen molar-refractivity contribution in [2.75, 3.05) is 12.8 Å². The lowest BCUT2D eigenvalue weighted by molar-refractivity contribution is 0.414. The zero-order valence-electron chi connectivity index (χ0n) is 12.5. The first-order chi connectivity index (χ1) is 9.69. The second kappa shape index (κ2) is 6.46. The van der Waals surface area contributed by atoms with E-state index in [9.17, 15) is 0 Å². The molecule has 0 saturated heterocycles. The molecule has 0 aliphatic carbocycles. The average Bonchev–Trinajstić information content (AvgIpc) is 2.81. The Balaban J connectivity index is 2.09. The molecule has 0 saturated carbocycles. The molecule has 2 rings (SSSR count). The number of hydrogen-bond donors (Lipinski definition) is 1. The molecule has 0 unspecified atom stereocenters. The van der Waals surface area contributed by atoms with Crippen LogP contribution in [0.15, 0.2) is 24.3 Å². The van der Waals surface area contributed by atoms with Crippen LogP contribution in [0, 0.1) is 0 Å². The highest BCUT2D eigenvalue weighted by atomic mass is 16.5. The van der Waals surface area contributed by atoms with Crippen LogP contribution in [0.25, 0.3) is 0 Å². The molecule has 4 heteroatoms. The Kier molecular flexibility index (Phi) is 4.66. The van der Waals surface area contributed by atoms with E-state index in [1.807, 2.05) is 12.1 Å². The lowest BCUT2D eigenvalue weighted by Crippen LogP contribution is -2.07. The van der Waals surface area contributed by atoms with E-state index < -0.39 is 0 Å². The molecular formula is C16H23N3O. The number of rotatable bonds is 6. The number of benzene rings is 1. The molecule has 2 aromatic rings. The number of aromatic nitrogens is 2. The fourth-order valence-electron chi connectivity index (χ4n) is 2.41. The molecule has 0 amide bonds. The van der Waals surface area contributed by atoms with Crippen LogP contribution in [0.2, 0.25) is 0 Å². The van der Waals surface area contributed by atoms with Crippen molar-refractivity contribution < 1.29 is 4.74 Å². The lowest BCUT2D eigenvalue weighted by atomic mass is 10.1. The number of anilines is 1. The molecule has 0 aliphatic rings. The molecule has 0 fully saturated rings. The zero-order valence-corrected chi connectivity index (χ0v) is 12.5. The Morgan fingerprint density at radius 3 is 2.40 bits per heavy atom. The van der Waals surface area contributed by atoms with Gasteiger partial charge < -0.3 is 10.5 Å². The summed E-state index contributed by atoms with van der Waals surface area (Å²) in [6.45, 7) is 5.07. The van der Waals surface area contributed by atoms with Crippen LogP contribution >= 0.6 is 0 Å². The Morgan fingerprint density at radius 1 is 1.15 bits per heavy atom. The monoisotopic (exact) mass is 273 g/mol. The minimum absolute atomic E-state index is 0.861. The van der Waals surface area contributed by atoms with Gasteiger partial charge in [-0.25, -0.2) is 0 Å². The zero-order chi connectivity index (χ0) is 14.5. The Hall–Kier alpha value is -1.97. The Labute approximate surface area is 120 Å². The van der Waals surface area contributed by atoms with Crippen LogP contribution in [0.3, 0.4) is 0 Å². The highest BCUT2D eigenvalue weighted by Crippen LogP contribution is 2.19. The second-order valence-electron chi connectivity index (χ2n) is 4.84. The van der Waals surface area contributed by atoms with Crippen LogP contribution in [-0.2, 0) is 25.8 Å². The molecular weight excluding hydrogens is 250 g/mol. The standard InChI is InChI=1S/C16H23N3O/c1-4-14-16(17)15(5-2)19(18-14)11-10-12-6-8-13(20-3)9-7-12/h6-9H,4-5,10-11,17H2,1-3H3. The van der Waals surface area contributed by atoms with E-state index in [4.69, 9.17) is 10.5 Å². The number of hydrogen-bond acceptors (Lipinski definition) is 3. The minimum Gasteiger partial charge on any atom is -0.497 e. The van der Waals surface area contributed by atoms with Gasteiger partial charge in [0.05, 0.1) is 24.2 Å². The van der Waals surface area contributed by atoms with Gasteiger partial charge in [0.1, 0.15) is 5.75 Å². The third-order valence-corrected chi connectivity index (χ3v) is 3.62. The fraction of sp³-hybridized carbons (Fsp3) is 0.438. The molecule has 20 heavy (non-hydrogen) atoms. The third kappa shape index (κ3) is 2.95. The Bertz CT molecular complexity index is 558. The summed E-state index contributed by atoms with van der Waals surface area (Å²) in [5, 5.41) is 4.61. The quantitative estimate of drug-likeness (QED) is 0.880. The van der Waals surface area contributed by atoms with E-state index in [0.29, 0.717) is 0 Å². The SMILES string of the molecule is CCc1nn(CCc2ccc(OC)cc2)c(CC)c1N. The maximum atomic E-state index is 6.13. The van der Waals surface area contributed by atoms with Gasteiger partial charge in [0, 0.05) is 6.54 Å². The summed E-state index contributed by atoms with van der Waals surface area (Å²) in [4.78, 5) is 0. The van der Waals surface area contributed by atoms with Crippen molar-refractivity contribution in [3.8, 4) is 5.75 Å². The van der Waals surface area contributed by atoms with Gasteiger partial charge in [-0.05, 0) is 37.0 Å². The van der Waals surface area contributed by atoms with Gasteiger partial charge >= 0.3 is 0 Å². The fourth-order valence-corrected chi connectivity index (χ4v) is 2.41. The van der Waals surface area contributed by atoms with E-state index in [2.05, 4.69) is 35.8 Å². The Morgan fingerprint density at radius 2 is 1.85 bits per heavy atom. The highest BCUT2D eigenvalue weighted by molar-refractivity contribution is 5.48. The van der Waals surface area contributed by atoms with Gasteiger partial charge in [-0.2, -0.15) is 5.10 Å². The van der Waals surface area contributed by atoms with Crippen molar-refractivity contribution in [1.29, 1.82) is 0 Å². The number of ether oxygens (including phenoxy) is 1. The largest absolute Gasteiger partial charge is 0.497 e. The van der Waals surface area contributed by atoms with Crippen molar-refractivity contribution in [2.24, 2.45) is 0 Å². The van der Waals surface area contributed by atoms with Gasteiger partial charge in [0.2, 0.25) is 0 Å². The van der Waals surface area contributed by atoms with Crippen molar-refractivity contribution in [1.82, 2.24) is 9.78 Å². The number of nitrogen functional groups attached to an aromatic ring is 1. The molecule has 4 nitrogen and oxygen atoms in total. The van der Waals surface area contributed by atoms with Gasteiger partial charge in [-0.15, -0.1) is 0 Å². The molecule has 1 aromatic heterocycles. The summed E-state index contributed by atoms with van der Waals surface area (Å²) >= 11 is 0. The molecule has 0 radical (unpaired) electrons. The van der Waals surface area contributed by atoms with Crippen LogP contribution in [0.1, 0.15) is 30.8 Å². The predicted octanol–water partition coefficient (Wildman–Crippen LogP) is 2.84. The van der Waals surface area contributed by atoms with Gasteiger partial charge in [0.25, 0.3) is 0 Å². The maximum absolute atomic E-state index is 6.13. The maximum Gasteiger partial charge on any atom is 0.118 e. The number of aryl methyl sites for hydroxylation is 3. The van der Waals surface area contributed by atoms with E-state index in [1.165, 1.54) is 5.56 Å². The number of nitrogens with zero attached hydrogens (tertiary/aromatic N) is 2. The van der Waals surface area contributed by atoms with Gasteiger partial charge in [0.15, 0.2) is 0 Å². The van der Waals surface area contributed by atoms with Crippen molar-refractivity contribution in [3.05, 3.63) is 41.2 Å². The lowest BCUT2D eigenvalue weighted by Gasteiger charge is -2.07. The predicted molar refractivity (Wildman–Crippen MR) is 82.1 cm³/mol. The highest BCUT2D eigenvalue weighted by Gasteiger charge is 2.12. The molecule has 0 atom stereocenters. The molecule has 0 aliphatic heterocycles. The molecule has 0 bridgehead atoms. The molecule has 2 N–H and O–H groups in total. The summed E-state index contributed by atoms with van der Waals surface area (Å²) < 4.78 is 7.22. The van der Waals surface area contributed by atoms with Gasteiger partial charge in [-0.1, -0.05) is 26.0 Å². The van der Waals surface area contributed by atoms with Crippen LogP contribution in [0.4, 0.5) is 5.69 Å². The molecule has 1 heterocycles. The van der Waals surface area contributed by atoms with E-state index in [0.717, 1.165) is 48.6 Å². The normalized spacial score (nSPS) is 10.8. The summed E-state index contributed by atoms with van der Waals surface area (Å²) in [6.07, 6.45) is 2.75. The van der Waals surface area contributed by atoms with E-state index in [-0.39, 0.29) is 0 Å². The second-order valence-corrected chi connectivity index (χ2v) is 4.84. The molecule has 1 aromatic carbocycles. The van der Waals surface area contributed by atoms with Crippen molar-refractivity contribution >= 4 is 5.69 Å².